The van der Waals surface area contributed by atoms with Crippen LogP contribution in [0.5, 0.6) is 5.75 Å². The molecular formula is C25H27BF3NO7. The molecule has 1 aliphatic rings. The van der Waals surface area contributed by atoms with E-state index in [2.05, 4.69) is 10.1 Å². The van der Waals surface area contributed by atoms with Crippen molar-refractivity contribution < 1.29 is 46.6 Å². The number of carbonyl (C=O) groups is 2. The maximum absolute atomic E-state index is 12.8. The lowest BCUT2D eigenvalue weighted by atomic mass is 9.77. The fourth-order valence-corrected chi connectivity index (χ4v) is 3.38. The maximum Gasteiger partial charge on any atom is 0.573 e. The lowest BCUT2D eigenvalue weighted by Gasteiger charge is -2.32. The molecule has 8 nitrogen and oxygen atoms in total. The summed E-state index contributed by atoms with van der Waals surface area (Å²) in [6.07, 6.45) is -4.38. The number of alkyl carbamates (subject to hydrolysis) is 1. The minimum absolute atomic E-state index is 0.0288. The van der Waals surface area contributed by atoms with Crippen molar-refractivity contribution in [1.29, 1.82) is 0 Å². The third-order valence-corrected chi connectivity index (χ3v) is 5.97. The number of carboxylic acid groups (broad SMARTS) is 1. The first-order chi connectivity index (χ1) is 17.1. The first-order valence-electron chi connectivity index (χ1n) is 11.3. The fourth-order valence-electron chi connectivity index (χ4n) is 3.38. The number of aromatic carboxylic acids is 1. The Balaban J connectivity index is 1.88. The van der Waals surface area contributed by atoms with E-state index in [-0.39, 0.29) is 18.7 Å². The highest BCUT2D eigenvalue weighted by atomic mass is 19.4. The number of nitrogens with one attached hydrogen (secondary N) is 1. The molecule has 2 N–H and O–H groups in total. The molecule has 0 atom stereocenters. The molecule has 1 aliphatic heterocycles. The Bertz CT molecular complexity index is 1150. The summed E-state index contributed by atoms with van der Waals surface area (Å²) in [7, 11) is -0.986. The van der Waals surface area contributed by atoms with Crippen LogP contribution in [0.1, 0.15) is 49.2 Å². The molecule has 0 aromatic heterocycles. The third kappa shape index (κ3) is 7.74. The molecule has 1 saturated heterocycles. The van der Waals surface area contributed by atoms with E-state index in [4.69, 9.17) is 14.0 Å². The zero-order valence-electron chi connectivity index (χ0n) is 20.7. The van der Waals surface area contributed by atoms with E-state index in [9.17, 15) is 27.9 Å². The lowest BCUT2D eigenvalue weighted by Crippen LogP contribution is -2.41. The van der Waals surface area contributed by atoms with Crippen LogP contribution < -0.4 is 10.1 Å². The van der Waals surface area contributed by atoms with Crippen LogP contribution in [0.3, 0.4) is 0 Å². The van der Waals surface area contributed by atoms with E-state index in [0.717, 1.165) is 17.7 Å². The SMILES string of the molecule is CC1(C)OB(C(=Cc2cc(OC(F)(F)F)cc(C(=O)O)c2)CNC(=O)OCc2ccccc2)OC1(C)C. The predicted molar refractivity (Wildman–Crippen MR) is 129 cm³/mol. The minimum atomic E-state index is -5.02. The van der Waals surface area contributed by atoms with Gasteiger partial charge in [0.1, 0.15) is 12.4 Å². The van der Waals surface area contributed by atoms with Crippen LogP contribution in [-0.4, -0.2) is 48.4 Å². The molecule has 2 aromatic rings. The van der Waals surface area contributed by atoms with E-state index in [1.54, 1.807) is 24.3 Å². The zero-order valence-corrected chi connectivity index (χ0v) is 20.7. The van der Waals surface area contributed by atoms with Crippen molar-refractivity contribution in [1.82, 2.24) is 5.32 Å². The van der Waals surface area contributed by atoms with Crippen molar-refractivity contribution in [2.24, 2.45) is 0 Å². The molecule has 1 fully saturated rings. The number of hydrogen-bond donors (Lipinski definition) is 2. The molecule has 12 heteroatoms. The summed E-state index contributed by atoms with van der Waals surface area (Å²) in [6, 6.07) is 12.0. The molecular weight excluding hydrogens is 494 g/mol. The standard InChI is InChI=1S/C25H27BF3NO7/c1-23(2)24(3,4)37-26(36-23)19(14-30-22(33)34-15-16-8-6-5-7-9-16)11-17-10-18(21(31)32)13-20(12-17)35-25(27,28)29/h5-13H,14-15H2,1-4H3,(H,30,33)(H,31,32). The minimum Gasteiger partial charge on any atom is -0.478 e. The van der Waals surface area contributed by atoms with Crippen LogP contribution in [0.4, 0.5) is 18.0 Å². The summed E-state index contributed by atoms with van der Waals surface area (Å²) in [5, 5.41) is 11.9. The summed E-state index contributed by atoms with van der Waals surface area (Å²) < 4.78 is 59.6. The monoisotopic (exact) mass is 521 g/mol. The number of hydrogen-bond acceptors (Lipinski definition) is 6. The van der Waals surface area contributed by atoms with Gasteiger partial charge in [0.25, 0.3) is 0 Å². The molecule has 0 spiro atoms. The number of ether oxygens (including phenoxy) is 2. The van der Waals surface area contributed by atoms with Gasteiger partial charge in [-0.15, -0.1) is 13.2 Å². The van der Waals surface area contributed by atoms with Crippen LogP contribution in [0.25, 0.3) is 6.08 Å². The number of carbonyl (C=O) groups excluding carboxylic acids is 1. The molecule has 37 heavy (non-hydrogen) atoms. The summed E-state index contributed by atoms with van der Waals surface area (Å²) >= 11 is 0. The summed E-state index contributed by atoms with van der Waals surface area (Å²) in [6.45, 7) is 7.12. The van der Waals surface area contributed by atoms with Crippen molar-refractivity contribution in [3.63, 3.8) is 0 Å². The second kappa shape index (κ2) is 10.9. The molecule has 0 unspecified atom stereocenters. The Morgan fingerprint density at radius 1 is 1.05 bits per heavy atom. The molecule has 0 aliphatic carbocycles. The van der Waals surface area contributed by atoms with Gasteiger partial charge in [0.05, 0.1) is 16.8 Å². The highest BCUT2D eigenvalue weighted by molar-refractivity contribution is 6.56. The molecule has 198 valence electrons. The van der Waals surface area contributed by atoms with Crippen molar-refractivity contribution >= 4 is 25.3 Å². The van der Waals surface area contributed by atoms with Crippen LogP contribution in [0.2, 0.25) is 0 Å². The normalized spacial score (nSPS) is 16.8. The second-order valence-electron chi connectivity index (χ2n) is 9.37. The van der Waals surface area contributed by atoms with E-state index in [1.807, 2.05) is 33.8 Å². The van der Waals surface area contributed by atoms with Gasteiger partial charge >= 0.3 is 25.5 Å². The van der Waals surface area contributed by atoms with Gasteiger partial charge < -0.3 is 29.2 Å². The van der Waals surface area contributed by atoms with Gasteiger partial charge in [-0.05, 0) is 62.5 Å². The number of halogens is 3. The van der Waals surface area contributed by atoms with E-state index >= 15 is 0 Å². The smallest absolute Gasteiger partial charge is 0.478 e. The van der Waals surface area contributed by atoms with Crippen LogP contribution in [-0.2, 0) is 20.7 Å². The molecule has 2 aromatic carbocycles. The second-order valence-corrected chi connectivity index (χ2v) is 9.37. The Kier molecular flexibility index (Phi) is 8.23. The van der Waals surface area contributed by atoms with Crippen LogP contribution in [0, 0.1) is 0 Å². The maximum atomic E-state index is 12.8. The molecule has 1 amide bonds. The molecule has 1 heterocycles. The van der Waals surface area contributed by atoms with Gasteiger partial charge in [0.15, 0.2) is 0 Å². The van der Waals surface area contributed by atoms with Gasteiger partial charge in [-0.25, -0.2) is 9.59 Å². The number of amides is 1. The number of benzene rings is 2. The molecule has 0 saturated carbocycles. The zero-order chi connectivity index (χ0) is 27.4. The van der Waals surface area contributed by atoms with Gasteiger partial charge in [-0.3, -0.25) is 0 Å². The highest BCUT2D eigenvalue weighted by Gasteiger charge is 2.52. The number of alkyl halides is 3. The Morgan fingerprint density at radius 2 is 1.68 bits per heavy atom. The van der Waals surface area contributed by atoms with E-state index in [0.29, 0.717) is 5.47 Å². The molecule has 0 radical (unpaired) electrons. The van der Waals surface area contributed by atoms with Gasteiger partial charge in [0, 0.05) is 6.54 Å². The van der Waals surface area contributed by atoms with Crippen molar-refractivity contribution in [3.05, 3.63) is 70.7 Å². The average Bonchev–Trinajstić information content (AvgIpc) is 3.01. The van der Waals surface area contributed by atoms with E-state index < -0.39 is 48.1 Å². The molecule has 0 bridgehead atoms. The summed E-state index contributed by atoms with van der Waals surface area (Å²) in [5.74, 6) is -2.15. The van der Waals surface area contributed by atoms with Crippen molar-refractivity contribution in [2.75, 3.05) is 6.54 Å². The highest BCUT2D eigenvalue weighted by Crippen LogP contribution is 2.39. The largest absolute Gasteiger partial charge is 0.573 e. The number of carboxylic acids is 1. The van der Waals surface area contributed by atoms with Gasteiger partial charge in [-0.2, -0.15) is 0 Å². The Labute approximate surface area is 212 Å². The van der Waals surface area contributed by atoms with E-state index in [1.165, 1.54) is 12.1 Å². The van der Waals surface area contributed by atoms with Crippen molar-refractivity contribution in [2.45, 2.75) is 51.9 Å². The van der Waals surface area contributed by atoms with Crippen LogP contribution in [0.15, 0.2) is 54.0 Å². The van der Waals surface area contributed by atoms with Crippen molar-refractivity contribution in [3.8, 4) is 5.75 Å². The fraction of sp³-hybridized carbons (Fsp3) is 0.360. The Morgan fingerprint density at radius 3 is 2.24 bits per heavy atom. The topological polar surface area (TPSA) is 103 Å². The Hall–Kier alpha value is -3.51. The quantitative estimate of drug-likeness (QED) is 0.459. The first-order valence-corrected chi connectivity index (χ1v) is 11.3. The summed E-state index contributed by atoms with van der Waals surface area (Å²) in [4.78, 5) is 23.8. The average molecular weight is 521 g/mol. The molecule has 3 rings (SSSR count). The lowest BCUT2D eigenvalue weighted by molar-refractivity contribution is -0.274. The number of rotatable bonds is 8. The van der Waals surface area contributed by atoms with Gasteiger partial charge in [0.2, 0.25) is 0 Å². The predicted octanol–water partition coefficient (Wildman–Crippen LogP) is 5.22. The third-order valence-electron chi connectivity index (χ3n) is 5.97. The summed E-state index contributed by atoms with van der Waals surface area (Å²) in [5.41, 5.74) is -0.756. The first kappa shape index (κ1) is 28.1. The van der Waals surface area contributed by atoms with Crippen LogP contribution >= 0.6 is 0 Å². The van der Waals surface area contributed by atoms with Gasteiger partial charge in [-0.1, -0.05) is 36.4 Å².